The molecular weight excluding hydrogens is 325 g/mol. The zero-order valence-electron chi connectivity index (χ0n) is 10.8. The number of halogens is 3. The van der Waals surface area contributed by atoms with Gasteiger partial charge in [0, 0.05) is 10.9 Å². The summed E-state index contributed by atoms with van der Waals surface area (Å²) < 4.78 is 61.6. The fraction of sp³-hybridized carbons (Fsp3) is 0.250. The van der Waals surface area contributed by atoms with Crippen LogP contribution in [0.4, 0.5) is 13.2 Å². The summed E-state index contributed by atoms with van der Waals surface area (Å²) in [7, 11) is -3.31. The highest BCUT2D eigenvalue weighted by molar-refractivity contribution is 7.88. The Morgan fingerprint density at radius 2 is 1.86 bits per heavy atom. The van der Waals surface area contributed by atoms with Gasteiger partial charge in [-0.25, -0.2) is 18.1 Å². The van der Waals surface area contributed by atoms with Crippen molar-refractivity contribution in [2.75, 3.05) is 6.26 Å². The molecule has 0 saturated carbocycles. The topological polar surface area (TPSA) is 59.1 Å². The quantitative estimate of drug-likeness (QED) is 0.934. The molecular formula is C12H11F3N2O2S2. The molecule has 0 amide bonds. The number of nitrogens with zero attached hydrogens (tertiary/aromatic N) is 1. The van der Waals surface area contributed by atoms with E-state index in [-0.39, 0.29) is 6.54 Å². The third kappa shape index (κ3) is 4.51. The van der Waals surface area contributed by atoms with Crippen molar-refractivity contribution in [3.05, 3.63) is 40.9 Å². The molecule has 0 atom stereocenters. The second kappa shape index (κ2) is 5.74. The van der Waals surface area contributed by atoms with Crippen LogP contribution in [0.3, 0.4) is 0 Å². The van der Waals surface area contributed by atoms with E-state index in [1.165, 1.54) is 23.5 Å². The van der Waals surface area contributed by atoms with Gasteiger partial charge in [-0.2, -0.15) is 13.2 Å². The Balaban J connectivity index is 2.14. The van der Waals surface area contributed by atoms with Crippen molar-refractivity contribution in [2.24, 2.45) is 0 Å². The van der Waals surface area contributed by atoms with E-state index in [1.807, 2.05) is 0 Å². The Morgan fingerprint density at radius 3 is 2.38 bits per heavy atom. The molecule has 2 aromatic rings. The van der Waals surface area contributed by atoms with Crippen LogP contribution in [0.2, 0.25) is 0 Å². The van der Waals surface area contributed by atoms with Gasteiger partial charge in [-0.3, -0.25) is 0 Å². The molecule has 1 N–H and O–H groups in total. The number of sulfonamides is 1. The normalized spacial score (nSPS) is 12.6. The first-order chi connectivity index (χ1) is 9.65. The van der Waals surface area contributed by atoms with Crippen LogP contribution in [0.25, 0.3) is 10.6 Å². The molecule has 4 nitrogen and oxygen atoms in total. The number of alkyl halides is 3. The van der Waals surface area contributed by atoms with E-state index in [4.69, 9.17) is 0 Å². The van der Waals surface area contributed by atoms with Crippen molar-refractivity contribution in [3.63, 3.8) is 0 Å². The molecule has 21 heavy (non-hydrogen) atoms. The Labute approximate surface area is 123 Å². The number of hydrogen-bond donors (Lipinski definition) is 1. The zero-order valence-corrected chi connectivity index (χ0v) is 12.4. The fourth-order valence-corrected chi connectivity index (χ4v) is 2.76. The highest BCUT2D eigenvalue weighted by Crippen LogP contribution is 2.31. The molecule has 0 spiro atoms. The van der Waals surface area contributed by atoms with E-state index < -0.39 is 21.8 Å². The first-order valence-electron chi connectivity index (χ1n) is 5.72. The molecule has 1 heterocycles. The summed E-state index contributed by atoms with van der Waals surface area (Å²) in [5.74, 6) is 0. The Hall–Kier alpha value is -1.45. The van der Waals surface area contributed by atoms with Crippen LogP contribution < -0.4 is 4.72 Å². The summed E-state index contributed by atoms with van der Waals surface area (Å²) in [6.07, 6.45) is -3.33. The van der Waals surface area contributed by atoms with Gasteiger partial charge in [0.2, 0.25) is 10.0 Å². The maximum Gasteiger partial charge on any atom is 0.416 e. The minimum absolute atomic E-state index is 0.0516. The molecule has 0 unspecified atom stereocenters. The average Bonchev–Trinajstić information content (AvgIpc) is 2.83. The first-order valence-corrected chi connectivity index (χ1v) is 8.49. The van der Waals surface area contributed by atoms with Crippen LogP contribution in [-0.2, 0) is 22.7 Å². The molecule has 0 fully saturated rings. The molecule has 1 aromatic heterocycles. The lowest BCUT2D eigenvalue weighted by molar-refractivity contribution is -0.137. The minimum Gasteiger partial charge on any atom is -0.240 e. The predicted molar refractivity (Wildman–Crippen MR) is 74.2 cm³/mol. The van der Waals surface area contributed by atoms with Crippen molar-refractivity contribution in [3.8, 4) is 10.6 Å². The standard InChI is InChI=1S/C12H11F3N2O2S2/c1-21(18,19)16-6-10-7-20-11(17-10)8-2-4-9(5-3-8)12(13,14)15/h2-5,7,16H,6H2,1H3. The third-order valence-corrected chi connectivity index (χ3v) is 4.14. The maximum absolute atomic E-state index is 12.5. The van der Waals surface area contributed by atoms with Gasteiger partial charge in [0.25, 0.3) is 0 Å². The van der Waals surface area contributed by atoms with Gasteiger partial charge in [0.15, 0.2) is 0 Å². The van der Waals surface area contributed by atoms with Crippen molar-refractivity contribution in [2.45, 2.75) is 12.7 Å². The lowest BCUT2D eigenvalue weighted by Gasteiger charge is -2.06. The molecule has 1 aromatic carbocycles. The highest BCUT2D eigenvalue weighted by Gasteiger charge is 2.30. The Bertz CT molecular complexity index is 722. The summed E-state index contributed by atoms with van der Waals surface area (Å²) in [4.78, 5) is 4.19. The molecule has 2 rings (SSSR count). The average molecular weight is 336 g/mol. The number of nitrogens with one attached hydrogen (secondary N) is 1. The third-order valence-electron chi connectivity index (χ3n) is 2.53. The number of aromatic nitrogens is 1. The van der Waals surface area contributed by atoms with Gasteiger partial charge in [-0.1, -0.05) is 12.1 Å². The smallest absolute Gasteiger partial charge is 0.240 e. The van der Waals surface area contributed by atoms with Gasteiger partial charge in [-0.05, 0) is 12.1 Å². The monoisotopic (exact) mass is 336 g/mol. The number of rotatable bonds is 4. The van der Waals surface area contributed by atoms with Crippen LogP contribution in [0.5, 0.6) is 0 Å². The van der Waals surface area contributed by atoms with Crippen molar-refractivity contribution in [1.29, 1.82) is 0 Å². The van der Waals surface area contributed by atoms with Crippen LogP contribution in [0, 0.1) is 0 Å². The van der Waals surface area contributed by atoms with Crippen molar-refractivity contribution < 1.29 is 21.6 Å². The Morgan fingerprint density at radius 1 is 1.24 bits per heavy atom. The van der Waals surface area contributed by atoms with Crippen LogP contribution in [-0.4, -0.2) is 19.7 Å². The van der Waals surface area contributed by atoms with Gasteiger partial charge in [-0.15, -0.1) is 11.3 Å². The second-order valence-corrected chi connectivity index (χ2v) is 7.00. The van der Waals surface area contributed by atoms with Crippen LogP contribution in [0.15, 0.2) is 29.6 Å². The van der Waals surface area contributed by atoms with Gasteiger partial charge < -0.3 is 0 Å². The van der Waals surface area contributed by atoms with E-state index >= 15 is 0 Å². The van der Waals surface area contributed by atoms with E-state index in [9.17, 15) is 21.6 Å². The molecule has 0 aliphatic heterocycles. The lowest BCUT2D eigenvalue weighted by Crippen LogP contribution is -2.21. The maximum atomic E-state index is 12.5. The van der Waals surface area contributed by atoms with Gasteiger partial charge >= 0.3 is 6.18 Å². The van der Waals surface area contributed by atoms with Crippen LogP contribution >= 0.6 is 11.3 Å². The van der Waals surface area contributed by atoms with E-state index in [2.05, 4.69) is 9.71 Å². The van der Waals surface area contributed by atoms with Gasteiger partial charge in [0.05, 0.1) is 24.1 Å². The lowest BCUT2D eigenvalue weighted by atomic mass is 10.1. The number of hydrogen-bond acceptors (Lipinski definition) is 4. The largest absolute Gasteiger partial charge is 0.416 e. The molecule has 0 bridgehead atoms. The Kier molecular flexibility index (Phi) is 4.35. The molecule has 9 heteroatoms. The number of benzene rings is 1. The summed E-state index contributed by atoms with van der Waals surface area (Å²) >= 11 is 1.24. The van der Waals surface area contributed by atoms with Crippen molar-refractivity contribution >= 4 is 21.4 Å². The summed E-state index contributed by atoms with van der Waals surface area (Å²) in [6.45, 7) is 0.0516. The van der Waals surface area contributed by atoms with E-state index in [1.54, 1.807) is 5.38 Å². The number of thiazole rings is 1. The predicted octanol–water partition coefficient (Wildman–Crippen LogP) is 2.88. The summed E-state index contributed by atoms with van der Waals surface area (Å²) in [5, 5.41) is 2.19. The highest BCUT2D eigenvalue weighted by atomic mass is 32.2. The molecule has 0 radical (unpaired) electrons. The van der Waals surface area contributed by atoms with E-state index in [0.29, 0.717) is 16.3 Å². The molecule has 0 saturated heterocycles. The van der Waals surface area contributed by atoms with Crippen molar-refractivity contribution in [1.82, 2.24) is 9.71 Å². The summed E-state index contributed by atoms with van der Waals surface area (Å²) in [6, 6.07) is 4.67. The fourth-order valence-electron chi connectivity index (χ4n) is 1.53. The first kappa shape index (κ1) is 15.9. The SMILES string of the molecule is CS(=O)(=O)NCc1csc(-c2ccc(C(F)(F)F)cc2)n1. The van der Waals surface area contributed by atoms with Gasteiger partial charge in [0.1, 0.15) is 5.01 Å². The minimum atomic E-state index is -4.37. The summed E-state index contributed by atoms with van der Waals surface area (Å²) in [5.41, 5.74) is 0.348. The second-order valence-electron chi connectivity index (χ2n) is 4.31. The van der Waals surface area contributed by atoms with E-state index in [0.717, 1.165) is 18.4 Å². The molecule has 0 aliphatic carbocycles. The van der Waals surface area contributed by atoms with Crippen LogP contribution in [0.1, 0.15) is 11.3 Å². The molecule has 114 valence electrons. The zero-order chi connectivity index (χ0) is 15.7. The molecule has 0 aliphatic rings.